The van der Waals surface area contributed by atoms with Crippen molar-refractivity contribution in [3.05, 3.63) is 46.4 Å². The number of H-pyrrole nitrogens is 1. The number of fused-ring (bicyclic) bond motifs is 1. The van der Waals surface area contributed by atoms with Crippen LogP contribution in [0.3, 0.4) is 0 Å². The van der Waals surface area contributed by atoms with Gasteiger partial charge in [0.2, 0.25) is 5.88 Å². The molecule has 24 heavy (non-hydrogen) atoms. The van der Waals surface area contributed by atoms with Crippen molar-refractivity contribution in [2.75, 3.05) is 7.11 Å². The van der Waals surface area contributed by atoms with Crippen LogP contribution in [0, 0.1) is 0 Å². The van der Waals surface area contributed by atoms with Crippen LogP contribution in [0.4, 0.5) is 13.2 Å². The van der Waals surface area contributed by atoms with Crippen LogP contribution < -0.4 is 10.3 Å². The molecule has 2 aromatic heterocycles. The number of rotatable bonds is 3. The summed E-state index contributed by atoms with van der Waals surface area (Å²) in [4.78, 5) is 14.3. The van der Waals surface area contributed by atoms with Gasteiger partial charge in [0, 0.05) is 5.56 Å². The number of nitrogens with one attached hydrogen (secondary N) is 1. The molecule has 0 saturated heterocycles. The number of aromatic nitrogens is 3. The Balaban J connectivity index is 2.15. The van der Waals surface area contributed by atoms with Crippen LogP contribution in [0.2, 0.25) is 0 Å². The molecule has 0 aliphatic rings. The summed E-state index contributed by atoms with van der Waals surface area (Å²) in [7, 11) is 1.52. The molecule has 0 saturated carbocycles. The minimum atomic E-state index is -4.62. The third-order valence-corrected chi connectivity index (χ3v) is 3.52. The molecule has 2 heterocycles. The monoisotopic (exact) mass is 339 g/mol. The second kappa shape index (κ2) is 5.59. The molecular formula is C15H12F3N3O3. The van der Waals surface area contributed by atoms with Gasteiger partial charge in [-0.2, -0.15) is 22.8 Å². The van der Waals surface area contributed by atoms with E-state index in [1.165, 1.54) is 13.3 Å². The van der Waals surface area contributed by atoms with E-state index in [-0.39, 0.29) is 5.65 Å². The quantitative estimate of drug-likeness (QED) is 0.768. The van der Waals surface area contributed by atoms with Gasteiger partial charge in [-0.15, -0.1) is 0 Å². The van der Waals surface area contributed by atoms with E-state index in [0.717, 1.165) is 4.52 Å². The lowest BCUT2D eigenvalue weighted by atomic mass is 10.1. The molecule has 0 aliphatic carbocycles. The van der Waals surface area contributed by atoms with Crippen molar-refractivity contribution < 1.29 is 23.0 Å². The van der Waals surface area contributed by atoms with Crippen molar-refractivity contribution in [3.63, 3.8) is 0 Å². The Bertz CT molecular complexity index is 943. The molecule has 0 bridgehead atoms. The van der Waals surface area contributed by atoms with E-state index in [1.807, 2.05) is 0 Å². The fraction of sp³-hybridized carbons (Fsp3) is 0.200. The highest BCUT2D eigenvalue weighted by molar-refractivity contribution is 5.77. The molecule has 0 amide bonds. The van der Waals surface area contributed by atoms with Crippen LogP contribution in [0.5, 0.6) is 11.6 Å². The fourth-order valence-corrected chi connectivity index (χ4v) is 2.38. The minimum Gasteiger partial charge on any atom is -0.497 e. The van der Waals surface area contributed by atoms with Crippen LogP contribution in [-0.4, -0.2) is 33.0 Å². The maximum absolute atomic E-state index is 12.5. The Morgan fingerprint density at radius 1 is 1.29 bits per heavy atom. The Morgan fingerprint density at radius 3 is 2.54 bits per heavy atom. The van der Waals surface area contributed by atoms with Gasteiger partial charge in [-0.3, -0.25) is 4.79 Å². The summed E-state index contributed by atoms with van der Waals surface area (Å²) in [5.74, 6) is -0.204. The van der Waals surface area contributed by atoms with Crippen LogP contribution in [0.25, 0.3) is 16.8 Å². The van der Waals surface area contributed by atoms with Gasteiger partial charge >= 0.3 is 6.18 Å². The molecule has 0 spiro atoms. The predicted molar refractivity (Wildman–Crippen MR) is 79.2 cm³/mol. The first-order valence-corrected chi connectivity index (χ1v) is 6.83. The summed E-state index contributed by atoms with van der Waals surface area (Å²) >= 11 is 0. The van der Waals surface area contributed by atoms with Gasteiger partial charge in [-0.05, 0) is 17.7 Å². The zero-order chi connectivity index (χ0) is 17.5. The first kappa shape index (κ1) is 15.9. The van der Waals surface area contributed by atoms with Gasteiger partial charge in [0.1, 0.15) is 11.4 Å². The highest BCUT2D eigenvalue weighted by Gasteiger charge is 2.32. The fourth-order valence-electron chi connectivity index (χ4n) is 2.38. The van der Waals surface area contributed by atoms with E-state index in [0.29, 0.717) is 16.9 Å². The normalized spacial score (nSPS) is 11.8. The summed E-state index contributed by atoms with van der Waals surface area (Å²) in [6.45, 7) is 0. The van der Waals surface area contributed by atoms with E-state index in [2.05, 4.69) is 10.1 Å². The molecule has 1 aromatic carbocycles. The van der Waals surface area contributed by atoms with Crippen LogP contribution >= 0.6 is 0 Å². The van der Waals surface area contributed by atoms with Crippen molar-refractivity contribution in [1.29, 1.82) is 0 Å². The summed E-state index contributed by atoms with van der Waals surface area (Å²) in [6, 6.07) is 6.79. The highest BCUT2D eigenvalue weighted by atomic mass is 19.4. The standard InChI is InChI=1S/C15H12F3N3O3/c1-24-9-4-2-8(3-5-9)11-7-19-21-12(11)20-13(22)10(14(21)23)6-15(16,17)18/h2-5,7,23H,6H2,1H3,(H,20,22). The number of alkyl halides is 3. The smallest absolute Gasteiger partial charge is 0.393 e. The van der Waals surface area contributed by atoms with E-state index < -0.39 is 29.6 Å². The lowest BCUT2D eigenvalue weighted by Gasteiger charge is -2.09. The largest absolute Gasteiger partial charge is 0.497 e. The van der Waals surface area contributed by atoms with Gasteiger partial charge in [-0.1, -0.05) is 12.1 Å². The lowest BCUT2D eigenvalue weighted by molar-refractivity contribution is -0.127. The second-order valence-electron chi connectivity index (χ2n) is 5.10. The number of aromatic hydroxyl groups is 1. The number of hydrogen-bond acceptors (Lipinski definition) is 4. The SMILES string of the molecule is COc1ccc(-c2cnn3c(O)c(CC(F)(F)F)c(=O)[nH]c23)cc1. The van der Waals surface area contributed by atoms with Gasteiger partial charge in [0.05, 0.1) is 25.3 Å². The third-order valence-electron chi connectivity index (χ3n) is 3.52. The molecule has 6 nitrogen and oxygen atoms in total. The van der Waals surface area contributed by atoms with Crippen molar-refractivity contribution in [1.82, 2.24) is 14.6 Å². The van der Waals surface area contributed by atoms with Crippen LogP contribution in [-0.2, 0) is 6.42 Å². The molecule has 3 rings (SSSR count). The Morgan fingerprint density at radius 2 is 1.96 bits per heavy atom. The Kier molecular flexibility index (Phi) is 3.70. The van der Waals surface area contributed by atoms with E-state index in [4.69, 9.17) is 4.74 Å². The average Bonchev–Trinajstić information content (AvgIpc) is 2.94. The van der Waals surface area contributed by atoms with Crippen molar-refractivity contribution in [2.24, 2.45) is 0 Å². The number of ether oxygens (including phenoxy) is 1. The third kappa shape index (κ3) is 2.80. The molecule has 0 aliphatic heterocycles. The van der Waals surface area contributed by atoms with E-state index in [1.54, 1.807) is 24.3 Å². The number of hydrogen-bond donors (Lipinski definition) is 2. The average molecular weight is 339 g/mol. The van der Waals surface area contributed by atoms with Crippen molar-refractivity contribution in [2.45, 2.75) is 12.6 Å². The topological polar surface area (TPSA) is 79.6 Å². The molecule has 3 aromatic rings. The number of methoxy groups -OCH3 is 1. The molecular weight excluding hydrogens is 327 g/mol. The Labute approximate surface area is 133 Å². The number of aromatic amines is 1. The minimum absolute atomic E-state index is 0.105. The highest BCUT2D eigenvalue weighted by Crippen LogP contribution is 2.29. The first-order chi connectivity index (χ1) is 11.3. The lowest BCUT2D eigenvalue weighted by Crippen LogP contribution is -2.22. The number of halogens is 3. The zero-order valence-electron chi connectivity index (χ0n) is 12.4. The van der Waals surface area contributed by atoms with Crippen molar-refractivity contribution >= 4 is 5.65 Å². The summed E-state index contributed by atoms with van der Waals surface area (Å²) in [5.41, 5.74) is -0.561. The first-order valence-electron chi connectivity index (χ1n) is 6.83. The maximum Gasteiger partial charge on any atom is 0.393 e. The van der Waals surface area contributed by atoms with E-state index >= 15 is 0 Å². The summed E-state index contributed by atoms with van der Waals surface area (Å²) in [5, 5.41) is 13.9. The second-order valence-corrected chi connectivity index (χ2v) is 5.10. The molecule has 2 N–H and O–H groups in total. The van der Waals surface area contributed by atoms with Gasteiger partial charge in [-0.25, -0.2) is 0 Å². The van der Waals surface area contributed by atoms with Crippen LogP contribution in [0.1, 0.15) is 5.56 Å². The Hall–Kier alpha value is -2.97. The van der Waals surface area contributed by atoms with E-state index in [9.17, 15) is 23.1 Å². The summed E-state index contributed by atoms with van der Waals surface area (Å²) in [6.07, 6.45) is -4.81. The molecule has 0 atom stereocenters. The number of nitrogens with zero attached hydrogens (tertiary/aromatic N) is 2. The molecule has 126 valence electrons. The van der Waals surface area contributed by atoms with Gasteiger partial charge in [0.25, 0.3) is 5.56 Å². The summed E-state index contributed by atoms with van der Waals surface area (Å²) < 4.78 is 43.5. The van der Waals surface area contributed by atoms with Crippen LogP contribution in [0.15, 0.2) is 35.3 Å². The van der Waals surface area contributed by atoms with Gasteiger partial charge < -0.3 is 14.8 Å². The molecule has 0 unspecified atom stereocenters. The zero-order valence-corrected chi connectivity index (χ0v) is 12.4. The molecule has 0 radical (unpaired) electrons. The molecule has 9 heteroatoms. The molecule has 0 fully saturated rings. The van der Waals surface area contributed by atoms with Crippen molar-refractivity contribution in [3.8, 4) is 22.8 Å². The predicted octanol–water partition coefficient (Wildman–Crippen LogP) is 2.51. The maximum atomic E-state index is 12.5. The number of benzene rings is 1. The van der Waals surface area contributed by atoms with Gasteiger partial charge in [0.15, 0.2) is 0 Å².